The third-order valence-electron chi connectivity index (χ3n) is 4.46. The van der Waals surface area contributed by atoms with Crippen LogP contribution in [0.15, 0.2) is 42.6 Å². The van der Waals surface area contributed by atoms with Crippen molar-refractivity contribution >= 4 is 23.3 Å². The first-order valence-electron chi connectivity index (χ1n) is 8.85. The molecule has 1 unspecified atom stereocenters. The van der Waals surface area contributed by atoms with Crippen molar-refractivity contribution in [2.75, 3.05) is 29.9 Å². The van der Waals surface area contributed by atoms with Crippen LogP contribution in [0, 0.1) is 11.7 Å². The molecule has 29 heavy (non-hydrogen) atoms. The fourth-order valence-electron chi connectivity index (χ4n) is 2.97. The predicted octanol–water partition coefficient (Wildman–Crippen LogP) is 2.82. The standard InChI is InChI=1S/C19H18F4N4O2/c20-14-3-1-2-4-15(14)27-11-12(9-17(27)28)18(29)25-8-7-24-16-6-5-13(10-26-16)19(21,22)23/h1-6,10,12H,7-9,11H2,(H,24,26)(H,25,29). The van der Waals surface area contributed by atoms with Crippen molar-refractivity contribution in [1.82, 2.24) is 10.3 Å². The van der Waals surface area contributed by atoms with Crippen molar-refractivity contribution in [3.63, 3.8) is 0 Å². The van der Waals surface area contributed by atoms with Crippen molar-refractivity contribution in [3.8, 4) is 0 Å². The van der Waals surface area contributed by atoms with Gasteiger partial charge in [0.05, 0.1) is 17.2 Å². The van der Waals surface area contributed by atoms with E-state index in [2.05, 4.69) is 15.6 Å². The molecule has 0 bridgehead atoms. The Bertz CT molecular complexity index is 887. The average Bonchev–Trinajstić information content (AvgIpc) is 3.07. The second-order valence-electron chi connectivity index (χ2n) is 6.50. The average molecular weight is 410 g/mol. The first kappa shape index (κ1) is 20.6. The molecule has 0 spiro atoms. The molecule has 0 saturated carbocycles. The number of pyridine rings is 1. The lowest BCUT2D eigenvalue weighted by molar-refractivity contribution is -0.137. The van der Waals surface area contributed by atoms with Crippen molar-refractivity contribution < 1.29 is 27.2 Å². The lowest BCUT2D eigenvalue weighted by atomic mass is 10.1. The van der Waals surface area contributed by atoms with Crippen LogP contribution in [0.25, 0.3) is 0 Å². The van der Waals surface area contributed by atoms with Crippen LogP contribution in [-0.2, 0) is 15.8 Å². The number of alkyl halides is 3. The number of nitrogens with zero attached hydrogens (tertiary/aromatic N) is 2. The van der Waals surface area contributed by atoms with Gasteiger partial charge in [0, 0.05) is 32.3 Å². The van der Waals surface area contributed by atoms with Gasteiger partial charge in [-0.1, -0.05) is 12.1 Å². The zero-order valence-corrected chi connectivity index (χ0v) is 15.2. The molecule has 2 heterocycles. The van der Waals surface area contributed by atoms with Crippen LogP contribution in [0.4, 0.5) is 29.1 Å². The molecular weight excluding hydrogens is 392 g/mol. The number of rotatable bonds is 6. The van der Waals surface area contributed by atoms with Gasteiger partial charge in [-0.25, -0.2) is 9.37 Å². The summed E-state index contributed by atoms with van der Waals surface area (Å²) in [5.41, 5.74) is -0.704. The molecule has 6 nitrogen and oxygen atoms in total. The lowest BCUT2D eigenvalue weighted by Gasteiger charge is -2.17. The molecule has 0 radical (unpaired) electrons. The van der Waals surface area contributed by atoms with E-state index in [0.29, 0.717) is 0 Å². The highest BCUT2D eigenvalue weighted by Gasteiger charge is 2.36. The summed E-state index contributed by atoms with van der Waals surface area (Å²) in [6.07, 6.45) is -3.74. The highest BCUT2D eigenvalue weighted by atomic mass is 19.4. The predicted molar refractivity (Wildman–Crippen MR) is 97.6 cm³/mol. The third kappa shape index (κ3) is 5.01. The molecule has 2 amide bonds. The summed E-state index contributed by atoms with van der Waals surface area (Å²) in [6, 6.07) is 7.97. The molecule has 2 N–H and O–H groups in total. The van der Waals surface area contributed by atoms with Gasteiger partial charge in [0.15, 0.2) is 0 Å². The fourth-order valence-corrected chi connectivity index (χ4v) is 2.97. The quantitative estimate of drug-likeness (QED) is 0.567. The minimum atomic E-state index is -4.45. The number of anilines is 2. The van der Waals surface area contributed by atoms with Crippen LogP contribution >= 0.6 is 0 Å². The summed E-state index contributed by atoms with van der Waals surface area (Å²) >= 11 is 0. The number of nitrogens with one attached hydrogen (secondary N) is 2. The highest BCUT2D eigenvalue weighted by Crippen LogP contribution is 2.29. The largest absolute Gasteiger partial charge is 0.417 e. The topological polar surface area (TPSA) is 74.3 Å². The second-order valence-corrected chi connectivity index (χ2v) is 6.50. The summed E-state index contributed by atoms with van der Waals surface area (Å²) in [7, 11) is 0. The molecule has 1 saturated heterocycles. The summed E-state index contributed by atoms with van der Waals surface area (Å²) < 4.78 is 51.3. The zero-order valence-electron chi connectivity index (χ0n) is 15.2. The Morgan fingerprint density at radius 2 is 1.93 bits per heavy atom. The summed E-state index contributed by atoms with van der Waals surface area (Å²) in [5, 5.41) is 5.46. The minimum Gasteiger partial charge on any atom is -0.368 e. The van der Waals surface area contributed by atoms with Gasteiger partial charge in [-0.3, -0.25) is 9.59 Å². The third-order valence-corrected chi connectivity index (χ3v) is 4.46. The van der Waals surface area contributed by atoms with E-state index in [9.17, 15) is 27.2 Å². The summed E-state index contributed by atoms with van der Waals surface area (Å²) in [6.45, 7) is 0.507. The molecule has 10 heteroatoms. The first-order chi connectivity index (χ1) is 13.8. The van der Waals surface area contributed by atoms with E-state index < -0.39 is 23.5 Å². The Hall–Kier alpha value is -3.17. The molecule has 1 aliphatic heterocycles. The van der Waals surface area contributed by atoms with Crippen LogP contribution in [0.3, 0.4) is 0 Å². The number of aromatic nitrogens is 1. The molecule has 1 fully saturated rings. The monoisotopic (exact) mass is 410 g/mol. The van der Waals surface area contributed by atoms with Gasteiger partial charge in [0.25, 0.3) is 0 Å². The van der Waals surface area contributed by atoms with Crippen LogP contribution in [0.5, 0.6) is 0 Å². The van der Waals surface area contributed by atoms with Gasteiger partial charge in [0.1, 0.15) is 11.6 Å². The number of hydrogen-bond acceptors (Lipinski definition) is 4. The number of benzene rings is 1. The van der Waals surface area contributed by atoms with Crippen LogP contribution in [0.2, 0.25) is 0 Å². The van der Waals surface area contributed by atoms with Gasteiger partial charge in [-0.15, -0.1) is 0 Å². The maximum Gasteiger partial charge on any atom is 0.417 e. The number of carbonyl (C=O) groups excluding carboxylic acids is 2. The minimum absolute atomic E-state index is 0.0198. The molecular formula is C19H18F4N4O2. The normalized spacial score (nSPS) is 16.8. The van der Waals surface area contributed by atoms with Gasteiger partial charge in [0.2, 0.25) is 11.8 Å². The molecule has 2 aromatic rings. The van der Waals surface area contributed by atoms with E-state index in [0.717, 1.165) is 12.3 Å². The number of halogens is 4. The Morgan fingerprint density at radius 3 is 2.59 bits per heavy atom. The first-order valence-corrected chi connectivity index (χ1v) is 8.85. The summed E-state index contributed by atoms with van der Waals surface area (Å²) in [5.74, 6) is -1.57. The Balaban J connectivity index is 1.45. The molecule has 0 aliphatic carbocycles. The molecule has 1 aromatic heterocycles. The Labute approximate surface area is 163 Å². The van der Waals surface area contributed by atoms with E-state index in [1.54, 1.807) is 6.07 Å². The van der Waals surface area contributed by atoms with Gasteiger partial charge in [-0.2, -0.15) is 13.2 Å². The van der Waals surface area contributed by atoms with Crippen molar-refractivity contribution in [2.45, 2.75) is 12.6 Å². The summed E-state index contributed by atoms with van der Waals surface area (Å²) in [4.78, 5) is 29.3. The number of para-hydroxylation sites is 1. The van der Waals surface area contributed by atoms with Gasteiger partial charge in [-0.05, 0) is 24.3 Å². The lowest BCUT2D eigenvalue weighted by Crippen LogP contribution is -2.35. The fraction of sp³-hybridized carbons (Fsp3) is 0.316. The second kappa shape index (κ2) is 8.46. The van der Waals surface area contributed by atoms with Crippen LogP contribution < -0.4 is 15.5 Å². The number of carbonyl (C=O) groups is 2. The van der Waals surface area contributed by atoms with Crippen molar-refractivity contribution in [1.29, 1.82) is 0 Å². The van der Waals surface area contributed by atoms with E-state index in [4.69, 9.17) is 0 Å². The molecule has 1 aromatic carbocycles. The van der Waals surface area contributed by atoms with Crippen molar-refractivity contribution in [3.05, 3.63) is 54.0 Å². The van der Waals surface area contributed by atoms with E-state index >= 15 is 0 Å². The molecule has 154 valence electrons. The maximum atomic E-state index is 13.9. The number of hydrogen-bond donors (Lipinski definition) is 2. The molecule has 3 rings (SSSR count). The molecule has 1 aliphatic rings. The van der Waals surface area contributed by atoms with E-state index in [1.165, 1.54) is 29.2 Å². The Morgan fingerprint density at radius 1 is 1.17 bits per heavy atom. The highest BCUT2D eigenvalue weighted by molar-refractivity contribution is 6.00. The van der Waals surface area contributed by atoms with Gasteiger partial charge < -0.3 is 15.5 Å². The van der Waals surface area contributed by atoms with Crippen LogP contribution in [-0.4, -0.2) is 36.4 Å². The SMILES string of the molecule is O=C(NCCNc1ccc(C(F)(F)F)cn1)C1CC(=O)N(c2ccccc2F)C1. The maximum absolute atomic E-state index is 13.9. The zero-order chi connectivity index (χ0) is 21.0. The van der Waals surface area contributed by atoms with E-state index in [1.807, 2.05) is 0 Å². The number of amides is 2. The van der Waals surface area contributed by atoms with Gasteiger partial charge >= 0.3 is 6.18 Å². The van der Waals surface area contributed by atoms with E-state index in [-0.39, 0.29) is 49.4 Å². The Kier molecular flexibility index (Phi) is 6.00. The van der Waals surface area contributed by atoms with Crippen molar-refractivity contribution in [2.24, 2.45) is 5.92 Å². The van der Waals surface area contributed by atoms with Crippen LogP contribution in [0.1, 0.15) is 12.0 Å². The molecule has 1 atom stereocenters. The smallest absolute Gasteiger partial charge is 0.368 e.